The molecule has 0 aliphatic rings. The highest BCUT2D eigenvalue weighted by Crippen LogP contribution is 2.29. The highest BCUT2D eigenvalue weighted by molar-refractivity contribution is 7.14. The highest BCUT2D eigenvalue weighted by atomic mass is 32.1. The van der Waals surface area contributed by atoms with E-state index in [-0.39, 0.29) is 24.2 Å². The molecule has 1 heterocycles. The van der Waals surface area contributed by atoms with Gasteiger partial charge in [-0.2, -0.15) is 0 Å². The van der Waals surface area contributed by atoms with Crippen LogP contribution >= 0.6 is 11.3 Å². The van der Waals surface area contributed by atoms with Crippen molar-refractivity contribution in [3.63, 3.8) is 0 Å². The molecule has 0 unspecified atom stereocenters. The Labute approximate surface area is 206 Å². The number of carbonyl (C=O) groups is 2. The van der Waals surface area contributed by atoms with Crippen LogP contribution in [0.5, 0.6) is 5.75 Å². The lowest BCUT2D eigenvalue weighted by Gasteiger charge is -2.17. The third kappa shape index (κ3) is 6.61. The first-order chi connectivity index (χ1) is 17.0. The number of nitrogens with zero attached hydrogens (tertiary/aromatic N) is 2. The van der Waals surface area contributed by atoms with Crippen molar-refractivity contribution >= 4 is 45.7 Å². The van der Waals surface area contributed by atoms with E-state index in [1.165, 1.54) is 41.4 Å². The molecule has 0 fully saturated rings. The number of aromatic nitrogens is 1. The monoisotopic (exact) mass is 487 g/mol. The second-order valence-corrected chi connectivity index (χ2v) is 8.35. The zero-order valence-electron chi connectivity index (χ0n) is 18.9. The van der Waals surface area contributed by atoms with Crippen LogP contribution in [0.15, 0.2) is 90.3 Å². The summed E-state index contributed by atoms with van der Waals surface area (Å²) in [6.45, 7) is 1.72. The Morgan fingerprint density at radius 1 is 1.06 bits per heavy atom. The highest BCUT2D eigenvalue weighted by Gasteiger charge is 2.17. The second-order valence-electron chi connectivity index (χ2n) is 7.51. The van der Waals surface area contributed by atoms with Gasteiger partial charge in [0, 0.05) is 30.1 Å². The van der Waals surface area contributed by atoms with E-state index in [9.17, 15) is 14.0 Å². The Bertz CT molecular complexity index is 1350. The molecule has 8 heteroatoms. The number of anilines is 3. The molecule has 1 aromatic heterocycles. The number of thiazole rings is 1. The Kier molecular flexibility index (Phi) is 7.64. The number of amides is 2. The van der Waals surface area contributed by atoms with Crippen LogP contribution in [-0.4, -0.2) is 16.8 Å². The minimum absolute atomic E-state index is 0.153. The fourth-order valence-corrected chi connectivity index (χ4v) is 4.12. The van der Waals surface area contributed by atoms with E-state index in [1.807, 2.05) is 36.4 Å². The molecule has 6 nitrogen and oxygen atoms in total. The van der Waals surface area contributed by atoms with Crippen LogP contribution in [0.2, 0.25) is 0 Å². The molecule has 1 N–H and O–H groups in total. The Morgan fingerprint density at radius 3 is 2.63 bits per heavy atom. The largest absolute Gasteiger partial charge is 0.489 e. The average molecular weight is 488 g/mol. The summed E-state index contributed by atoms with van der Waals surface area (Å²) in [5.41, 5.74) is 2.72. The van der Waals surface area contributed by atoms with Crippen molar-refractivity contribution in [2.24, 2.45) is 0 Å². The number of nitrogens with one attached hydrogen (secondary N) is 1. The summed E-state index contributed by atoms with van der Waals surface area (Å²) in [5, 5.41) is 5.11. The van der Waals surface area contributed by atoms with E-state index < -0.39 is 0 Å². The lowest BCUT2D eigenvalue weighted by molar-refractivity contribution is -0.116. The number of carbonyl (C=O) groups excluding carboxylic acids is 2. The number of ether oxygens (including phenoxy) is 1. The number of hydrogen-bond donors (Lipinski definition) is 1. The van der Waals surface area contributed by atoms with E-state index in [4.69, 9.17) is 4.74 Å². The molecule has 4 aromatic rings. The molecule has 0 bridgehead atoms. The predicted octanol–water partition coefficient (Wildman–Crippen LogP) is 6.20. The molecular formula is C27H22FN3O3S. The maximum absolute atomic E-state index is 13.3. The van der Waals surface area contributed by atoms with Gasteiger partial charge in [-0.1, -0.05) is 36.4 Å². The standard InChI is InChI=1S/C27H22FN3O3S/c1-19(32)31(24-10-3-2-4-11-24)27-30-23(18-35-27)13-14-26(33)29-22-9-5-7-20(15-22)17-34-25-12-6-8-21(28)16-25/h2-16,18H,17H2,1H3,(H,29,33)/b14-13+. The summed E-state index contributed by atoms with van der Waals surface area (Å²) >= 11 is 1.32. The fourth-order valence-electron chi connectivity index (χ4n) is 3.27. The summed E-state index contributed by atoms with van der Waals surface area (Å²) < 4.78 is 18.9. The summed E-state index contributed by atoms with van der Waals surface area (Å²) in [6.07, 6.45) is 2.98. The quantitative estimate of drug-likeness (QED) is 0.301. The van der Waals surface area contributed by atoms with Gasteiger partial charge < -0.3 is 10.1 Å². The lowest BCUT2D eigenvalue weighted by atomic mass is 10.2. The first kappa shape index (κ1) is 23.8. The van der Waals surface area contributed by atoms with E-state index >= 15 is 0 Å². The van der Waals surface area contributed by atoms with Crippen LogP contribution in [0.1, 0.15) is 18.2 Å². The smallest absolute Gasteiger partial charge is 0.248 e. The van der Waals surface area contributed by atoms with Crippen LogP contribution in [-0.2, 0) is 16.2 Å². The van der Waals surface area contributed by atoms with Crippen molar-refractivity contribution in [3.8, 4) is 5.75 Å². The van der Waals surface area contributed by atoms with Gasteiger partial charge in [0.25, 0.3) is 0 Å². The third-order valence-corrected chi connectivity index (χ3v) is 5.68. The maximum Gasteiger partial charge on any atom is 0.248 e. The molecular weight excluding hydrogens is 465 g/mol. The maximum atomic E-state index is 13.3. The minimum Gasteiger partial charge on any atom is -0.489 e. The molecule has 2 amide bonds. The molecule has 0 atom stereocenters. The van der Waals surface area contributed by atoms with Gasteiger partial charge in [-0.3, -0.25) is 14.5 Å². The second kappa shape index (κ2) is 11.2. The van der Waals surface area contributed by atoms with Crippen molar-refractivity contribution in [3.05, 3.63) is 107 Å². The Morgan fingerprint density at radius 2 is 1.86 bits per heavy atom. The normalized spacial score (nSPS) is 10.8. The third-order valence-electron chi connectivity index (χ3n) is 4.83. The van der Waals surface area contributed by atoms with Crippen LogP contribution in [0.3, 0.4) is 0 Å². The lowest BCUT2D eigenvalue weighted by Crippen LogP contribution is -2.22. The molecule has 176 valence electrons. The van der Waals surface area contributed by atoms with Gasteiger partial charge in [0.2, 0.25) is 11.8 Å². The molecule has 35 heavy (non-hydrogen) atoms. The molecule has 0 aliphatic heterocycles. The van der Waals surface area contributed by atoms with Crippen molar-refractivity contribution < 1.29 is 18.7 Å². The van der Waals surface area contributed by atoms with Crippen LogP contribution in [0.25, 0.3) is 6.08 Å². The molecule has 0 saturated heterocycles. The number of para-hydroxylation sites is 1. The number of hydrogen-bond acceptors (Lipinski definition) is 5. The molecule has 4 rings (SSSR count). The summed E-state index contributed by atoms with van der Waals surface area (Å²) in [6, 6.07) is 22.4. The van der Waals surface area contributed by atoms with E-state index in [2.05, 4.69) is 10.3 Å². The number of rotatable bonds is 8. The first-order valence-electron chi connectivity index (χ1n) is 10.8. The van der Waals surface area contributed by atoms with Gasteiger partial charge in [-0.25, -0.2) is 9.37 Å². The van der Waals surface area contributed by atoms with Crippen molar-refractivity contribution in [1.82, 2.24) is 4.98 Å². The predicted molar refractivity (Wildman–Crippen MR) is 136 cm³/mol. The fraction of sp³-hybridized carbons (Fsp3) is 0.0741. The van der Waals surface area contributed by atoms with Crippen molar-refractivity contribution in [1.29, 1.82) is 0 Å². The molecule has 0 spiro atoms. The van der Waals surface area contributed by atoms with Crippen LogP contribution in [0.4, 0.5) is 20.9 Å². The van der Waals surface area contributed by atoms with E-state index in [0.717, 1.165) is 11.3 Å². The van der Waals surface area contributed by atoms with Gasteiger partial charge in [0.05, 0.1) is 11.4 Å². The van der Waals surface area contributed by atoms with Gasteiger partial charge in [0.15, 0.2) is 5.13 Å². The Hall–Kier alpha value is -4.30. The molecule has 0 saturated carbocycles. The topological polar surface area (TPSA) is 71.5 Å². The number of benzene rings is 3. The van der Waals surface area contributed by atoms with Crippen LogP contribution in [0, 0.1) is 5.82 Å². The van der Waals surface area contributed by atoms with Gasteiger partial charge in [0.1, 0.15) is 18.2 Å². The van der Waals surface area contributed by atoms with E-state index in [1.54, 1.807) is 41.8 Å². The summed E-state index contributed by atoms with van der Waals surface area (Å²) in [4.78, 5) is 30.6. The first-order valence-corrected chi connectivity index (χ1v) is 11.6. The average Bonchev–Trinajstić information content (AvgIpc) is 3.31. The van der Waals surface area contributed by atoms with E-state index in [0.29, 0.717) is 22.3 Å². The van der Waals surface area contributed by atoms with Crippen molar-refractivity contribution in [2.75, 3.05) is 10.2 Å². The molecule has 0 aliphatic carbocycles. The van der Waals surface area contributed by atoms with Crippen LogP contribution < -0.4 is 15.0 Å². The Balaban J connectivity index is 1.37. The van der Waals surface area contributed by atoms with Gasteiger partial charge in [-0.15, -0.1) is 11.3 Å². The molecule has 0 radical (unpaired) electrons. The zero-order valence-corrected chi connectivity index (χ0v) is 19.7. The molecule has 3 aromatic carbocycles. The van der Waals surface area contributed by atoms with Crippen molar-refractivity contribution in [2.45, 2.75) is 13.5 Å². The zero-order chi connectivity index (χ0) is 24.6. The number of halogens is 1. The van der Waals surface area contributed by atoms with Gasteiger partial charge >= 0.3 is 0 Å². The SMILES string of the molecule is CC(=O)N(c1ccccc1)c1nc(/C=C/C(=O)Nc2cccc(COc3cccc(F)c3)c2)cs1. The minimum atomic E-state index is -0.364. The van der Waals surface area contributed by atoms with Gasteiger partial charge in [-0.05, 0) is 48.0 Å². The summed E-state index contributed by atoms with van der Waals surface area (Å²) in [7, 11) is 0. The summed E-state index contributed by atoms with van der Waals surface area (Å²) in [5.74, 6) is -0.411.